The number of hydrogen-bond acceptors (Lipinski definition) is 7. The van der Waals surface area contributed by atoms with Crippen molar-refractivity contribution in [2.24, 2.45) is 0 Å². The molecule has 35 heavy (non-hydrogen) atoms. The van der Waals surface area contributed by atoms with Gasteiger partial charge < -0.3 is 25.2 Å². The Balaban J connectivity index is 1.50. The minimum Gasteiger partial charge on any atom is -0.379 e. The van der Waals surface area contributed by atoms with Crippen LogP contribution >= 0.6 is 0 Å². The summed E-state index contributed by atoms with van der Waals surface area (Å²) in [5.41, 5.74) is 2.66. The predicted molar refractivity (Wildman–Crippen MR) is 130 cm³/mol. The summed E-state index contributed by atoms with van der Waals surface area (Å²) in [6.45, 7) is 4.46. The summed E-state index contributed by atoms with van der Waals surface area (Å²) in [6.07, 6.45) is 2.60. The molecule has 1 atom stereocenters. The summed E-state index contributed by atoms with van der Waals surface area (Å²) < 4.78 is 32.9. The van der Waals surface area contributed by atoms with Crippen molar-refractivity contribution < 1.29 is 18.3 Å². The number of fused-ring (bicyclic) bond motifs is 1. The maximum absolute atomic E-state index is 13.7. The first-order chi connectivity index (χ1) is 17.0. The number of rotatable bonds is 6. The first kappa shape index (κ1) is 23.4. The Morgan fingerprint density at radius 2 is 1.97 bits per heavy atom. The lowest BCUT2D eigenvalue weighted by Gasteiger charge is -2.28. The maximum Gasteiger partial charge on any atom is 0.254 e. The molecular weight excluding hydrogens is 454 g/mol. The molecule has 0 radical (unpaired) electrons. The van der Waals surface area contributed by atoms with E-state index in [0.717, 1.165) is 25.6 Å². The summed E-state index contributed by atoms with van der Waals surface area (Å²) in [5.74, 6) is -0.679. The number of benzene rings is 2. The molecule has 2 saturated heterocycles. The van der Waals surface area contributed by atoms with Gasteiger partial charge in [0.1, 0.15) is 23.0 Å². The van der Waals surface area contributed by atoms with Gasteiger partial charge in [-0.2, -0.15) is 0 Å². The fourth-order valence-corrected chi connectivity index (χ4v) is 4.56. The van der Waals surface area contributed by atoms with Gasteiger partial charge in [0.15, 0.2) is 0 Å². The molecule has 2 aliphatic rings. The van der Waals surface area contributed by atoms with Crippen molar-refractivity contribution in [2.45, 2.75) is 19.0 Å². The van der Waals surface area contributed by atoms with E-state index in [9.17, 15) is 13.6 Å². The standard InChI is InChI=1S/C25H28F2N6O2/c1-32(20-2-3-28-14-20)25(34)17-10-21(29-13-16-8-18(26)12-19(27)9-16)24-22(11-17)30-15-23(31-24)33-4-6-35-7-5-33/h8-12,15,20,28-29H,2-7,13-14H2,1H3/t20-/m1/s1. The van der Waals surface area contributed by atoms with Crippen LogP contribution in [-0.4, -0.2) is 73.3 Å². The largest absolute Gasteiger partial charge is 0.379 e. The summed E-state index contributed by atoms with van der Waals surface area (Å²) >= 11 is 0. The molecule has 10 heteroatoms. The summed E-state index contributed by atoms with van der Waals surface area (Å²) in [6, 6.07) is 7.01. The van der Waals surface area contributed by atoms with Gasteiger partial charge >= 0.3 is 0 Å². The van der Waals surface area contributed by atoms with E-state index in [1.807, 2.05) is 0 Å². The van der Waals surface area contributed by atoms with E-state index in [4.69, 9.17) is 9.72 Å². The number of carbonyl (C=O) groups is 1. The summed E-state index contributed by atoms with van der Waals surface area (Å²) in [4.78, 5) is 26.6. The van der Waals surface area contributed by atoms with Crippen LogP contribution in [0.3, 0.4) is 0 Å². The Morgan fingerprint density at radius 3 is 2.69 bits per heavy atom. The quantitative estimate of drug-likeness (QED) is 0.559. The normalized spacial score (nSPS) is 18.1. The van der Waals surface area contributed by atoms with Crippen LogP contribution in [0.4, 0.5) is 20.3 Å². The Labute approximate surface area is 202 Å². The lowest BCUT2D eigenvalue weighted by molar-refractivity contribution is 0.0744. The van der Waals surface area contributed by atoms with Gasteiger partial charge in [-0.3, -0.25) is 9.78 Å². The fourth-order valence-electron chi connectivity index (χ4n) is 4.56. The summed E-state index contributed by atoms with van der Waals surface area (Å²) in [7, 11) is 1.81. The molecule has 3 aromatic rings. The molecule has 2 aromatic carbocycles. The van der Waals surface area contributed by atoms with E-state index in [-0.39, 0.29) is 18.5 Å². The number of amides is 1. The van der Waals surface area contributed by atoms with Crippen molar-refractivity contribution in [3.05, 3.63) is 59.3 Å². The second kappa shape index (κ2) is 10.1. The van der Waals surface area contributed by atoms with Gasteiger partial charge in [-0.25, -0.2) is 13.8 Å². The highest BCUT2D eigenvalue weighted by molar-refractivity contribution is 6.01. The molecule has 2 N–H and O–H groups in total. The third-order valence-electron chi connectivity index (χ3n) is 6.52. The van der Waals surface area contributed by atoms with Crippen LogP contribution in [0.1, 0.15) is 22.3 Å². The van der Waals surface area contributed by atoms with Crippen LogP contribution in [0.2, 0.25) is 0 Å². The number of aromatic nitrogens is 2. The second-order valence-electron chi connectivity index (χ2n) is 8.91. The number of nitrogens with zero attached hydrogens (tertiary/aromatic N) is 4. The number of halogens is 2. The molecule has 0 aliphatic carbocycles. The van der Waals surface area contributed by atoms with Gasteiger partial charge in [0.2, 0.25) is 0 Å². The number of carbonyl (C=O) groups excluding carboxylic acids is 1. The zero-order valence-electron chi connectivity index (χ0n) is 19.6. The summed E-state index contributed by atoms with van der Waals surface area (Å²) in [5, 5.41) is 6.51. The maximum atomic E-state index is 13.7. The monoisotopic (exact) mass is 482 g/mol. The molecule has 3 heterocycles. The highest BCUT2D eigenvalue weighted by Crippen LogP contribution is 2.27. The van der Waals surface area contributed by atoms with Crippen molar-refractivity contribution in [1.82, 2.24) is 20.2 Å². The molecule has 0 spiro atoms. The number of morpholine rings is 1. The third kappa shape index (κ3) is 5.18. The minimum absolute atomic E-state index is 0.112. The van der Waals surface area contributed by atoms with Crippen LogP contribution in [0.25, 0.3) is 11.0 Å². The highest BCUT2D eigenvalue weighted by atomic mass is 19.1. The van der Waals surface area contributed by atoms with E-state index >= 15 is 0 Å². The average molecular weight is 483 g/mol. The molecule has 0 bridgehead atoms. The van der Waals surface area contributed by atoms with Gasteiger partial charge in [-0.1, -0.05) is 0 Å². The van der Waals surface area contributed by atoms with E-state index in [1.54, 1.807) is 30.3 Å². The van der Waals surface area contributed by atoms with E-state index < -0.39 is 11.6 Å². The Morgan fingerprint density at radius 1 is 1.20 bits per heavy atom. The molecule has 8 nitrogen and oxygen atoms in total. The molecule has 1 aromatic heterocycles. The van der Waals surface area contributed by atoms with E-state index in [2.05, 4.69) is 20.5 Å². The number of likely N-dealkylation sites (N-methyl/N-ethyl adjacent to an activating group) is 1. The molecule has 1 amide bonds. The van der Waals surface area contributed by atoms with Gasteiger partial charge in [-0.15, -0.1) is 0 Å². The SMILES string of the molecule is CN(C(=O)c1cc(NCc2cc(F)cc(F)c2)c2nc(N3CCOCC3)cnc2c1)[C@@H]1CCNC1. The third-order valence-corrected chi connectivity index (χ3v) is 6.52. The molecule has 2 aliphatic heterocycles. The molecule has 184 valence electrons. The average Bonchev–Trinajstić information content (AvgIpc) is 3.41. The first-order valence-electron chi connectivity index (χ1n) is 11.8. The highest BCUT2D eigenvalue weighted by Gasteiger charge is 2.25. The van der Waals surface area contributed by atoms with Crippen molar-refractivity contribution in [3.8, 4) is 0 Å². The van der Waals surface area contributed by atoms with Crippen molar-refractivity contribution in [3.63, 3.8) is 0 Å². The smallest absolute Gasteiger partial charge is 0.254 e. The van der Waals surface area contributed by atoms with Gasteiger partial charge in [0, 0.05) is 50.9 Å². The second-order valence-corrected chi connectivity index (χ2v) is 8.91. The van der Waals surface area contributed by atoms with Crippen molar-refractivity contribution in [1.29, 1.82) is 0 Å². The fraction of sp³-hybridized carbons (Fsp3) is 0.400. The van der Waals surface area contributed by atoms with Crippen molar-refractivity contribution in [2.75, 3.05) is 56.7 Å². The molecule has 2 fully saturated rings. The zero-order valence-corrected chi connectivity index (χ0v) is 19.6. The lowest BCUT2D eigenvalue weighted by atomic mass is 10.1. The number of ether oxygens (including phenoxy) is 1. The van der Waals surface area contributed by atoms with Crippen LogP contribution in [0.5, 0.6) is 0 Å². The Kier molecular flexibility index (Phi) is 6.74. The molecule has 0 unspecified atom stereocenters. The van der Waals surface area contributed by atoms with Gasteiger partial charge in [0.25, 0.3) is 5.91 Å². The topological polar surface area (TPSA) is 82.6 Å². The van der Waals surface area contributed by atoms with Gasteiger partial charge in [-0.05, 0) is 42.8 Å². The number of hydrogen-bond donors (Lipinski definition) is 2. The predicted octanol–water partition coefficient (Wildman–Crippen LogP) is 2.79. The van der Waals surface area contributed by atoms with Gasteiger partial charge in [0.05, 0.1) is 30.6 Å². The minimum atomic E-state index is -0.642. The number of nitrogens with one attached hydrogen (secondary N) is 2. The molecule has 5 rings (SSSR count). The zero-order chi connectivity index (χ0) is 24.4. The Bertz CT molecular complexity index is 1210. The molecule has 0 saturated carbocycles. The van der Waals surface area contributed by atoms with E-state index in [0.29, 0.717) is 60.0 Å². The van der Waals surface area contributed by atoms with Crippen LogP contribution in [0, 0.1) is 11.6 Å². The lowest BCUT2D eigenvalue weighted by Crippen LogP contribution is -2.38. The molecular formula is C25H28F2N6O2. The Hall–Kier alpha value is -3.37. The van der Waals surface area contributed by atoms with Crippen LogP contribution in [0.15, 0.2) is 36.5 Å². The van der Waals surface area contributed by atoms with Crippen LogP contribution in [-0.2, 0) is 11.3 Å². The first-order valence-corrected chi connectivity index (χ1v) is 11.8. The van der Waals surface area contributed by atoms with Crippen molar-refractivity contribution >= 4 is 28.4 Å². The van der Waals surface area contributed by atoms with E-state index in [1.165, 1.54) is 12.1 Å². The number of anilines is 2. The van der Waals surface area contributed by atoms with Crippen LogP contribution < -0.4 is 15.5 Å².